The Bertz CT molecular complexity index is 194. The van der Waals surface area contributed by atoms with Gasteiger partial charge in [0.1, 0.15) is 0 Å². The molecule has 2 saturated carbocycles. The normalized spacial score (nSPS) is 39.2. The Hall–Kier alpha value is -0.0800. The Balaban J connectivity index is 0.000000659. The Morgan fingerprint density at radius 3 is 1.78 bits per heavy atom. The molecule has 2 N–H and O–H groups in total. The van der Waals surface area contributed by atoms with Crippen molar-refractivity contribution in [1.29, 1.82) is 0 Å². The molecule has 0 radical (unpaired) electrons. The lowest BCUT2D eigenvalue weighted by Gasteiger charge is -2.36. The fraction of sp³-hybridized carbons (Fsp3) is 1.00. The smallest absolute Gasteiger partial charge is 0.0802 e. The first-order chi connectivity index (χ1) is 8.66. The Morgan fingerprint density at radius 2 is 1.22 bits per heavy atom. The van der Waals surface area contributed by atoms with E-state index < -0.39 is 12.2 Å². The zero-order valence-corrected chi connectivity index (χ0v) is 13.0. The van der Waals surface area contributed by atoms with E-state index in [1.807, 2.05) is 27.7 Å². The van der Waals surface area contributed by atoms with Gasteiger partial charge in [0, 0.05) is 0 Å². The maximum absolute atomic E-state index is 9.64. The third kappa shape index (κ3) is 5.27. The van der Waals surface area contributed by atoms with E-state index in [4.69, 9.17) is 0 Å². The monoisotopic (exact) mass is 258 g/mol. The summed E-state index contributed by atoms with van der Waals surface area (Å²) in [7, 11) is 0. The van der Waals surface area contributed by atoms with Gasteiger partial charge in [-0.1, -0.05) is 53.9 Å². The van der Waals surface area contributed by atoms with Gasteiger partial charge in [-0.2, -0.15) is 0 Å². The molecule has 0 saturated heterocycles. The van der Waals surface area contributed by atoms with Crippen LogP contribution < -0.4 is 0 Å². The predicted molar refractivity (Wildman–Crippen MR) is 78.6 cm³/mol. The highest BCUT2D eigenvalue weighted by Crippen LogP contribution is 2.41. The zero-order chi connectivity index (χ0) is 14.1. The molecule has 2 aliphatic carbocycles. The van der Waals surface area contributed by atoms with Gasteiger partial charge >= 0.3 is 0 Å². The Labute approximate surface area is 114 Å². The molecule has 5 atom stereocenters. The molecule has 2 heteroatoms. The first kappa shape index (κ1) is 17.9. The van der Waals surface area contributed by atoms with Crippen LogP contribution in [0, 0.1) is 17.8 Å². The largest absolute Gasteiger partial charge is 0.390 e. The molecule has 0 bridgehead atoms. The lowest BCUT2D eigenvalue weighted by molar-refractivity contribution is -0.0501. The molecule has 18 heavy (non-hydrogen) atoms. The molecule has 2 nitrogen and oxygen atoms in total. The van der Waals surface area contributed by atoms with E-state index in [1.54, 1.807) is 0 Å². The van der Waals surface area contributed by atoms with Crippen molar-refractivity contribution in [3.05, 3.63) is 0 Å². The summed E-state index contributed by atoms with van der Waals surface area (Å²) in [6, 6.07) is 0. The van der Waals surface area contributed by atoms with Crippen LogP contribution in [-0.4, -0.2) is 22.4 Å². The zero-order valence-electron chi connectivity index (χ0n) is 13.0. The second kappa shape index (κ2) is 9.80. The summed E-state index contributed by atoms with van der Waals surface area (Å²) >= 11 is 0. The SMILES string of the molecule is CC.CC.C[C@H]1CCCC2CC(O)C(O)CC2C1. The number of rotatable bonds is 0. The predicted octanol–water partition coefficient (Wildman–Crippen LogP) is 4.00. The summed E-state index contributed by atoms with van der Waals surface area (Å²) in [6.45, 7) is 10.3. The molecule has 0 spiro atoms. The molecule has 110 valence electrons. The van der Waals surface area contributed by atoms with Crippen molar-refractivity contribution in [2.45, 2.75) is 85.4 Å². The summed E-state index contributed by atoms with van der Waals surface area (Å²) in [5.74, 6) is 2.16. The van der Waals surface area contributed by atoms with Crippen LogP contribution in [0.15, 0.2) is 0 Å². The van der Waals surface area contributed by atoms with Gasteiger partial charge in [-0.3, -0.25) is 0 Å². The fourth-order valence-corrected chi connectivity index (χ4v) is 3.32. The highest BCUT2D eigenvalue weighted by Gasteiger charge is 2.36. The number of hydrogen-bond donors (Lipinski definition) is 2. The number of aliphatic hydroxyl groups excluding tert-OH is 2. The number of aliphatic hydroxyl groups is 2. The van der Waals surface area contributed by atoms with Crippen molar-refractivity contribution >= 4 is 0 Å². The van der Waals surface area contributed by atoms with E-state index in [0.717, 1.165) is 18.8 Å². The molecule has 0 aromatic heterocycles. The molecule has 4 unspecified atom stereocenters. The first-order valence-corrected chi connectivity index (χ1v) is 8.03. The minimum atomic E-state index is -0.457. The molecule has 2 aliphatic rings. The molecule has 0 aliphatic heterocycles. The maximum Gasteiger partial charge on any atom is 0.0802 e. The summed E-state index contributed by atoms with van der Waals surface area (Å²) in [5, 5.41) is 19.3. The molecule has 0 amide bonds. The van der Waals surface area contributed by atoms with Gasteiger partial charge in [-0.05, 0) is 37.0 Å². The summed E-state index contributed by atoms with van der Waals surface area (Å²) in [5.41, 5.74) is 0. The lowest BCUT2D eigenvalue weighted by Crippen LogP contribution is -2.38. The molecule has 2 fully saturated rings. The van der Waals surface area contributed by atoms with Gasteiger partial charge in [0.25, 0.3) is 0 Å². The summed E-state index contributed by atoms with van der Waals surface area (Å²) in [6.07, 6.45) is 5.91. The first-order valence-electron chi connectivity index (χ1n) is 8.03. The van der Waals surface area contributed by atoms with Crippen molar-refractivity contribution in [3.63, 3.8) is 0 Å². The molecule has 0 heterocycles. The average Bonchev–Trinajstić information content (AvgIpc) is 2.56. The van der Waals surface area contributed by atoms with Crippen molar-refractivity contribution in [3.8, 4) is 0 Å². The maximum atomic E-state index is 9.64. The second-order valence-electron chi connectivity index (χ2n) is 5.40. The van der Waals surface area contributed by atoms with Crippen LogP contribution in [0.4, 0.5) is 0 Å². The number of fused-ring (bicyclic) bond motifs is 1. The summed E-state index contributed by atoms with van der Waals surface area (Å²) < 4.78 is 0. The van der Waals surface area contributed by atoms with Crippen LogP contribution in [0.5, 0.6) is 0 Å². The average molecular weight is 258 g/mol. The quantitative estimate of drug-likeness (QED) is 0.689. The summed E-state index contributed by atoms with van der Waals surface area (Å²) in [4.78, 5) is 0. The Morgan fingerprint density at radius 1 is 0.722 bits per heavy atom. The van der Waals surface area contributed by atoms with Crippen molar-refractivity contribution in [2.24, 2.45) is 17.8 Å². The van der Waals surface area contributed by atoms with E-state index in [2.05, 4.69) is 6.92 Å². The van der Waals surface area contributed by atoms with Gasteiger partial charge in [0.2, 0.25) is 0 Å². The third-order valence-electron chi connectivity index (χ3n) is 4.18. The highest BCUT2D eigenvalue weighted by atomic mass is 16.3. The van der Waals surface area contributed by atoms with Gasteiger partial charge in [0.05, 0.1) is 12.2 Å². The van der Waals surface area contributed by atoms with Crippen molar-refractivity contribution in [2.75, 3.05) is 0 Å². The van der Waals surface area contributed by atoms with Crippen LogP contribution in [0.1, 0.15) is 73.1 Å². The van der Waals surface area contributed by atoms with Gasteiger partial charge in [-0.25, -0.2) is 0 Å². The van der Waals surface area contributed by atoms with Crippen molar-refractivity contribution < 1.29 is 10.2 Å². The third-order valence-corrected chi connectivity index (χ3v) is 4.18. The topological polar surface area (TPSA) is 40.5 Å². The minimum Gasteiger partial charge on any atom is -0.390 e. The van der Waals surface area contributed by atoms with Crippen LogP contribution in [0.2, 0.25) is 0 Å². The highest BCUT2D eigenvalue weighted by molar-refractivity contribution is 4.87. The van der Waals surface area contributed by atoms with Crippen LogP contribution in [-0.2, 0) is 0 Å². The van der Waals surface area contributed by atoms with Crippen LogP contribution in [0.25, 0.3) is 0 Å². The Kier molecular flexibility index (Phi) is 9.76. The molecule has 2 rings (SSSR count). The van der Waals surface area contributed by atoms with Gasteiger partial charge < -0.3 is 10.2 Å². The number of hydrogen-bond acceptors (Lipinski definition) is 2. The van der Waals surface area contributed by atoms with E-state index in [1.165, 1.54) is 25.7 Å². The molecular weight excluding hydrogens is 224 g/mol. The van der Waals surface area contributed by atoms with E-state index in [-0.39, 0.29) is 0 Å². The van der Waals surface area contributed by atoms with Gasteiger partial charge in [-0.15, -0.1) is 0 Å². The minimum absolute atomic E-state index is 0.454. The van der Waals surface area contributed by atoms with E-state index in [0.29, 0.717) is 11.8 Å². The fourth-order valence-electron chi connectivity index (χ4n) is 3.32. The van der Waals surface area contributed by atoms with E-state index >= 15 is 0 Å². The second-order valence-corrected chi connectivity index (χ2v) is 5.40. The van der Waals surface area contributed by atoms with Gasteiger partial charge in [0.15, 0.2) is 0 Å². The van der Waals surface area contributed by atoms with Crippen LogP contribution in [0.3, 0.4) is 0 Å². The van der Waals surface area contributed by atoms with Crippen LogP contribution >= 0.6 is 0 Å². The lowest BCUT2D eigenvalue weighted by atomic mass is 9.73. The molecule has 0 aromatic rings. The van der Waals surface area contributed by atoms with E-state index in [9.17, 15) is 10.2 Å². The molecule has 0 aromatic carbocycles. The van der Waals surface area contributed by atoms with Crippen molar-refractivity contribution in [1.82, 2.24) is 0 Å². The standard InChI is InChI=1S/C12H22O2.2C2H6/c1-8-3-2-4-9-6-11(13)12(14)7-10(9)5-8;2*1-2/h8-14H,2-7H2,1H3;2*1-2H3/t8-,9?,10?,11?,12?;;/m0../s1. The molecular formula is C16H34O2.